The van der Waals surface area contributed by atoms with Gasteiger partial charge in [0.2, 0.25) is 0 Å². The van der Waals surface area contributed by atoms with E-state index in [4.69, 9.17) is 0 Å². The molecule has 1 aliphatic rings. The number of fused-ring (bicyclic) bond motifs is 1. The molecular weight excluding hydrogens is 312 g/mol. The first kappa shape index (κ1) is 13.6. The normalized spacial score (nSPS) is 13.9. The molecule has 1 aromatic carbocycles. The molecular formula is C17H19BrN2. The molecule has 0 bridgehead atoms. The maximum Gasteiger partial charge on any atom is 0.128 e. The summed E-state index contributed by atoms with van der Waals surface area (Å²) in [5, 5.41) is 0. The van der Waals surface area contributed by atoms with Crippen molar-refractivity contribution in [1.82, 2.24) is 4.98 Å². The molecule has 0 spiro atoms. The van der Waals surface area contributed by atoms with Crippen molar-refractivity contribution < 1.29 is 0 Å². The molecule has 2 nitrogen and oxygen atoms in total. The number of aryl methyl sites for hydroxylation is 2. The fourth-order valence-corrected chi connectivity index (χ4v) is 3.07. The van der Waals surface area contributed by atoms with Crippen molar-refractivity contribution in [1.29, 1.82) is 0 Å². The Bertz CT molecular complexity index is 592. The largest absolute Gasteiger partial charge is 0.355 e. The highest BCUT2D eigenvalue weighted by molar-refractivity contribution is 9.10. The van der Waals surface area contributed by atoms with Gasteiger partial charge in [0.05, 0.1) is 0 Å². The Morgan fingerprint density at radius 3 is 2.65 bits per heavy atom. The van der Waals surface area contributed by atoms with Crippen LogP contribution in [0.1, 0.15) is 29.5 Å². The highest BCUT2D eigenvalue weighted by Gasteiger charge is 2.10. The van der Waals surface area contributed by atoms with Gasteiger partial charge in [0, 0.05) is 24.3 Å². The predicted octanol–water partition coefficient (Wildman–Crippen LogP) is 4.36. The van der Waals surface area contributed by atoms with Gasteiger partial charge in [0.25, 0.3) is 0 Å². The van der Waals surface area contributed by atoms with Crippen LogP contribution in [0.5, 0.6) is 0 Å². The van der Waals surface area contributed by atoms with Crippen LogP contribution in [0.3, 0.4) is 0 Å². The van der Waals surface area contributed by atoms with E-state index in [1.165, 1.54) is 31.2 Å². The zero-order valence-corrected chi connectivity index (χ0v) is 13.4. The smallest absolute Gasteiger partial charge is 0.128 e. The highest BCUT2D eigenvalue weighted by atomic mass is 79.9. The van der Waals surface area contributed by atoms with Crippen LogP contribution in [0, 0.1) is 0 Å². The first-order chi connectivity index (χ1) is 9.72. The number of anilines is 1. The van der Waals surface area contributed by atoms with Crippen molar-refractivity contribution in [3.05, 3.63) is 57.7 Å². The number of halogens is 1. The van der Waals surface area contributed by atoms with Crippen LogP contribution in [0.2, 0.25) is 0 Å². The van der Waals surface area contributed by atoms with Crippen LogP contribution in [-0.4, -0.2) is 12.0 Å². The maximum absolute atomic E-state index is 4.44. The highest BCUT2D eigenvalue weighted by Crippen LogP contribution is 2.23. The molecule has 3 rings (SSSR count). The Hall–Kier alpha value is -1.35. The Kier molecular flexibility index (Phi) is 4.06. The fraction of sp³-hybridized carbons (Fsp3) is 0.353. The number of aromatic nitrogens is 1. The molecule has 20 heavy (non-hydrogen) atoms. The molecule has 0 saturated heterocycles. The minimum Gasteiger partial charge on any atom is -0.355 e. The minimum absolute atomic E-state index is 0.905. The van der Waals surface area contributed by atoms with E-state index in [0.29, 0.717) is 0 Å². The third kappa shape index (κ3) is 3.04. The number of hydrogen-bond donors (Lipinski definition) is 0. The molecule has 0 saturated carbocycles. The van der Waals surface area contributed by atoms with Crippen LogP contribution in [0.15, 0.2) is 41.0 Å². The lowest BCUT2D eigenvalue weighted by atomic mass is 9.90. The van der Waals surface area contributed by atoms with E-state index in [0.717, 1.165) is 16.8 Å². The second-order valence-electron chi connectivity index (χ2n) is 5.50. The van der Waals surface area contributed by atoms with Crippen LogP contribution < -0.4 is 4.90 Å². The van der Waals surface area contributed by atoms with E-state index in [9.17, 15) is 0 Å². The number of hydrogen-bond acceptors (Lipinski definition) is 2. The minimum atomic E-state index is 0.905. The zero-order valence-electron chi connectivity index (χ0n) is 11.8. The van der Waals surface area contributed by atoms with Gasteiger partial charge < -0.3 is 4.90 Å². The van der Waals surface area contributed by atoms with Gasteiger partial charge in [0.15, 0.2) is 0 Å². The van der Waals surface area contributed by atoms with E-state index >= 15 is 0 Å². The quantitative estimate of drug-likeness (QED) is 0.831. The number of nitrogens with zero attached hydrogens (tertiary/aromatic N) is 2. The van der Waals surface area contributed by atoms with Gasteiger partial charge in [-0.05, 0) is 70.4 Å². The van der Waals surface area contributed by atoms with Crippen molar-refractivity contribution in [2.45, 2.75) is 32.2 Å². The van der Waals surface area contributed by atoms with Gasteiger partial charge >= 0.3 is 0 Å². The van der Waals surface area contributed by atoms with Gasteiger partial charge in [-0.15, -0.1) is 0 Å². The summed E-state index contributed by atoms with van der Waals surface area (Å²) in [5.41, 5.74) is 4.47. The van der Waals surface area contributed by atoms with Crippen LogP contribution in [0.4, 0.5) is 5.82 Å². The lowest BCUT2D eigenvalue weighted by molar-refractivity contribution is 0.684. The third-order valence-corrected chi connectivity index (χ3v) is 4.40. The standard InChI is InChI=1S/C17H19BrN2/c1-20(17-9-8-16(18)11-19-17)12-13-6-7-14-4-2-3-5-15(14)10-13/h6-11H,2-5,12H2,1H3. The molecule has 1 aliphatic carbocycles. The van der Waals surface area contributed by atoms with Crippen molar-refractivity contribution in [2.75, 3.05) is 11.9 Å². The van der Waals surface area contributed by atoms with Gasteiger partial charge in [-0.25, -0.2) is 4.98 Å². The molecule has 0 fully saturated rings. The fourth-order valence-electron chi connectivity index (χ4n) is 2.83. The van der Waals surface area contributed by atoms with E-state index in [1.54, 1.807) is 11.1 Å². The summed E-state index contributed by atoms with van der Waals surface area (Å²) in [6, 6.07) is 11.0. The van der Waals surface area contributed by atoms with Crippen molar-refractivity contribution >= 4 is 21.7 Å². The van der Waals surface area contributed by atoms with Gasteiger partial charge in [-0.2, -0.15) is 0 Å². The molecule has 0 atom stereocenters. The number of rotatable bonds is 3. The molecule has 2 aromatic rings. The van der Waals surface area contributed by atoms with Crippen molar-refractivity contribution in [3.8, 4) is 0 Å². The maximum atomic E-state index is 4.44. The second-order valence-corrected chi connectivity index (χ2v) is 6.42. The lowest BCUT2D eigenvalue weighted by Crippen LogP contribution is -2.18. The average molecular weight is 331 g/mol. The van der Waals surface area contributed by atoms with E-state index in [-0.39, 0.29) is 0 Å². The zero-order chi connectivity index (χ0) is 13.9. The molecule has 3 heteroatoms. The molecule has 0 aliphatic heterocycles. The number of benzene rings is 1. The Morgan fingerprint density at radius 2 is 1.90 bits per heavy atom. The molecule has 0 N–H and O–H groups in total. The third-order valence-electron chi connectivity index (χ3n) is 3.94. The lowest BCUT2D eigenvalue weighted by Gasteiger charge is -2.21. The van der Waals surface area contributed by atoms with Crippen LogP contribution >= 0.6 is 15.9 Å². The summed E-state index contributed by atoms with van der Waals surface area (Å²) in [6.07, 6.45) is 7.01. The average Bonchev–Trinajstić information content (AvgIpc) is 2.48. The van der Waals surface area contributed by atoms with E-state index < -0.39 is 0 Å². The summed E-state index contributed by atoms with van der Waals surface area (Å²) in [7, 11) is 2.09. The van der Waals surface area contributed by atoms with Gasteiger partial charge in [0.1, 0.15) is 5.82 Å². The Labute approximate surface area is 129 Å². The summed E-state index contributed by atoms with van der Waals surface area (Å²) < 4.78 is 1.02. The summed E-state index contributed by atoms with van der Waals surface area (Å²) in [6.45, 7) is 0.905. The summed E-state index contributed by atoms with van der Waals surface area (Å²) >= 11 is 3.42. The van der Waals surface area contributed by atoms with Gasteiger partial charge in [-0.1, -0.05) is 18.2 Å². The Morgan fingerprint density at radius 1 is 1.10 bits per heavy atom. The molecule has 0 unspecified atom stereocenters. The van der Waals surface area contributed by atoms with E-state index in [2.05, 4.69) is 51.1 Å². The van der Waals surface area contributed by atoms with Gasteiger partial charge in [-0.3, -0.25) is 0 Å². The SMILES string of the molecule is CN(Cc1ccc2c(c1)CCCC2)c1ccc(Br)cn1. The van der Waals surface area contributed by atoms with Crippen LogP contribution in [0.25, 0.3) is 0 Å². The molecule has 0 amide bonds. The van der Waals surface area contributed by atoms with Crippen LogP contribution in [-0.2, 0) is 19.4 Å². The van der Waals surface area contributed by atoms with Crippen molar-refractivity contribution in [2.24, 2.45) is 0 Å². The Balaban J connectivity index is 1.75. The summed E-state index contributed by atoms with van der Waals surface area (Å²) in [4.78, 5) is 6.63. The molecule has 104 valence electrons. The monoisotopic (exact) mass is 330 g/mol. The number of pyridine rings is 1. The topological polar surface area (TPSA) is 16.1 Å². The molecule has 0 radical (unpaired) electrons. The molecule has 1 aromatic heterocycles. The first-order valence-electron chi connectivity index (χ1n) is 7.16. The summed E-state index contributed by atoms with van der Waals surface area (Å²) in [5.74, 6) is 1.01. The second kappa shape index (κ2) is 5.96. The van der Waals surface area contributed by atoms with E-state index in [1.807, 2.05) is 18.3 Å². The predicted molar refractivity (Wildman–Crippen MR) is 87.1 cm³/mol. The molecule has 1 heterocycles. The first-order valence-corrected chi connectivity index (χ1v) is 7.95. The van der Waals surface area contributed by atoms with Crippen molar-refractivity contribution in [3.63, 3.8) is 0 Å².